The summed E-state index contributed by atoms with van der Waals surface area (Å²) in [4.78, 5) is 24.8. The molecular weight excluding hydrogens is 280 g/mol. The minimum atomic E-state index is -1.15. The lowest BCUT2D eigenvalue weighted by molar-refractivity contribution is -0.153. The fraction of sp³-hybridized carbons (Fsp3) is 0.467. The van der Waals surface area contributed by atoms with Gasteiger partial charge in [-0.15, -0.1) is 0 Å². The third-order valence-electron chi connectivity index (χ3n) is 3.81. The molecule has 1 fully saturated rings. The zero-order valence-corrected chi connectivity index (χ0v) is 11.8. The van der Waals surface area contributed by atoms with Crippen molar-refractivity contribution in [1.29, 1.82) is 0 Å². The average Bonchev–Trinajstić information content (AvgIpc) is 2.37. The lowest BCUT2D eigenvalue weighted by Crippen LogP contribution is -2.49. The summed E-state index contributed by atoms with van der Waals surface area (Å²) in [5.41, 5.74) is -0.341. The van der Waals surface area contributed by atoms with E-state index in [4.69, 9.17) is 0 Å². The normalized spacial score (nSPS) is 22.7. The molecule has 6 heteroatoms. The second kappa shape index (κ2) is 5.79. The SMILES string of the molecule is CC(C)N1C(=O)CCC(C(=O)O)C1c1c(F)cccc1F. The molecule has 114 valence electrons. The van der Waals surface area contributed by atoms with E-state index in [2.05, 4.69) is 0 Å². The number of hydrogen-bond donors (Lipinski definition) is 1. The van der Waals surface area contributed by atoms with Crippen LogP contribution in [-0.2, 0) is 9.59 Å². The summed E-state index contributed by atoms with van der Waals surface area (Å²) in [7, 11) is 0. The van der Waals surface area contributed by atoms with E-state index in [-0.39, 0.29) is 30.4 Å². The number of rotatable bonds is 3. The van der Waals surface area contributed by atoms with Crippen LogP contribution in [0.2, 0.25) is 0 Å². The van der Waals surface area contributed by atoms with Gasteiger partial charge in [0.1, 0.15) is 11.6 Å². The Labute approximate surface area is 121 Å². The standard InChI is InChI=1S/C15H17F2NO3/c1-8(2)18-12(19)7-6-9(15(20)21)14(18)13-10(16)4-3-5-11(13)17/h3-5,8-9,14H,6-7H2,1-2H3,(H,20,21). The molecular formula is C15H17F2NO3. The molecule has 1 amide bonds. The first-order chi connectivity index (χ1) is 9.84. The van der Waals surface area contributed by atoms with E-state index in [1.54, 1.807) is 13.8 Å². The minimum Gasteiger partial charge on any atom is -0.481 e. The lowest BCUT2D eigenvalue weighted by Gasteiger charge is -2.42. The number of carbonyl (C=O) groups is 2. The highest BCUT2D eigenvalue weighted by Gasteiger charge is 2.44. The first-order valence-electron chi connectivity index (χ1n) is 6.82. The van der Waals surface area contributed by atoms with Crippen LogP contribution in [0.25, 0.3) is 0 Å². The van der Waals surface area contributed by atoms with Crippen LogP contribution in [-0.4, -0.2) is 27.9 Å². The van der Waals surface area contributed by atoms with Crippen LogP contribution in [0.4, 0.5) is 8.78 Å². The summed E-state index contributed by atoms with van der Waals surface area (Å²) in [5, 5.41) is 9.35. The number of benzene rings is 1. The largest absolute Gasteiger partial charge is 0.481 e. The third-order valence-corrected chi connectivity index (χ3v) is 3.81. The Morgan fingerprint density at radius 1 is 1.33 bits per heavy atom. The number of halogens is 2. The molecule has 2 unspecified atom stereocenters. The highest BCUT2D eigenvalue weighted by Crippen LogP contribution is 2.40. The monoisotopic (exact) mass is 297 g/mol. The molecule has 21 heavy (non-hydrogen) atoms. The summed E-state index contributed by atoms with van der Waals surface area (Å²) < 4.78 is 28.1. The molecule has 2 rings (SSSR count). The molecule has 4 nitrogen and oxygen atoms in total. The molecule has 1 saturated heterocycles. The summed E-state index contributed by atoms with van der Waals surface area (Å²) in [6.45, 7) is 3.40. The van der Waals surface area contributed by atoms with Gasteiger partial charge in [0, 0.05) is 18.0 Å². The maximum atomic E-state index is 14.1. The highest BCUT2D eigenvalue weighted by molar-refractivity contribution is 5.82. The fourth-order valence-electron chi connectivity index (χ4n) is 2.92. The van der Waals surface area contributed by atoms with Gasteiger partial charge in [-0.1, -0.05) is 6.07 Å². The quantitative estimate of drug-likeness (QED) is 0.933. The molecule has 0 radical (unpaired) electrons. The van der Waals surface area contributed by atoms with Gasteiger partial charge in [0.05, 0.1) is 12.0 Å². The van der Waals surface area contributed by atoms with Gasteiger partial charge in [-0.05, 0) is 32.4 Å². The molecule has 0 aromatic heterocycles. The van der Waals surface area contributed by atoms with Crippen molar-refractivity contribution in [2.45, 2.75) is 38.8 Å². The summed E-state index contributed by atoms with van der Waals surface area (Å²) in [6, 6.07) is 1.91. The van der Waals surface area contributed by atoms with Crippen molar-refractivity contribution >= 4 is 11.9 Å². The molecule has 0 spiro atoms. The van der Waals surface area contributed by atoms with E-state index >= 15 is 0 Å². The van der Waals surface area contributed by atoms with Gasteiger partial charge in [0.25, 0.3) is 0 Å². The Hall–Kier alpha value is -1.98. The summed E-state index contributed by atoms with van der Waals surface area (Å²) in [6.07, 6.45) is 0.150. The van der Waals surface area contributed by atoms with E-state index in [9.17, 15) is 23.5 Å². The van der Waals surface area contributed by atoms with E-state index in [1.165, 1.54) is 11.0 Å². The van der Waals surface area contributed by atoms with Crippen molar-refractivity contribution in [3.8, 4) is 0 Å². The van der Waals surface area contributed by atoms with Gasteiger partial charge in [-0.3, -0.25) is 9.59 Å². The third kappa shape index (κ3) is 2.75. The van der Waals surface area contributed by atoms with Gasteiger partial charge in [0.2, 0.25) is 5.91 Å². The molecule has 0 bridgehead atoms. The minimum absolute atomic E-state index is 0.0711. The summed E-state index contributed by atoms with van der Waals surface area (Å²) in [5.74, 6) is -4.11. The lowest BCUT2D eigenvalue weighted by atomic mass is 9.83. The fourth-order valence-corrected chi connectivity index (χ4v) is 2.92. The number of amides is 1. The van der Waals surface area contributed by atoms with Gasteiger partial charge in [-0.25, -0.2) is 8.78 Å². The molecule has 1 aliphatic rings. The summed E-state index contributed by atoms with van der Waals surface area (Å²) >= 11 is 0. The van der Waals surface area contributed by atoms with E-state index in [0.29, 0.717) is 0 Å². The smallest absolute Gasteiger partial charge is 0.308 e. The predicted octanol–water partition coefficient (Wildman–Crippen LogP) is 2.74. The van der Waals surface area contributed by atoms with Crippen LogP contribution < -0.4 is 0 Å². The molecule has 1 aromatic rings. The molecule has 1 aromatic carbocycles. The molecule has 2 atom stereocenters. The Morgan fingerprint density at radius 2 is 1.90 bits per heavy atom. The Balaban J connectivity index is 2.60. The maximum Gasteiger partial charge on any atom is 0.308 e. The number of carbonyl (C=O) groups excluding carboxylic acids is 1. The predicted molar refractivity (Wildman–Crippen MR) is 71.4 cm³/mol. The van der Waals surface area contributed by atoms with Crippen molar-refractivity contribution in [3.63, 3.8) is 0 Å². The van der Waals surface area contributed by atoms with Crippen LogP contribution in [0.5, 0.6) is 0 Å². The zero-order valence-electron chi connectivity index (χ0n) is 11.8. The molecule has 1 aliphatic heterocycles. The van der Waals surface area contributed by atoms with E-state index < -0.39 is 29.6 Å². The molecule has 0 saturated carbocycles. The Bertz CT molecular complexity index is 554. The van der Waals surface area contributed by atoms with Gasteiger partial charge in [0.15, 0.2) is 0 Å². The Morgan fingerprint density at radius 3 is 2.38 bits per heavy atom. The van der Waals surface area contributed by atoms with Crippen LogP contribution in [0.1, 0.15) is 38.3 Å². The maximum absolute atomic E-state index is 14.1. The number of nitrogens with zero attached hydrogens (tertiary/aromatic N) is 1. The first kappa shape index (κ1) is 15.4. The number of hydrogen-bond acceptors (Lipinski definition) is 2. The second-order valence-corrected chi connectivity index (χ2v) is 5.46. The topological polar surface area (TPSA) is 57.6 Å². The Kier molecular flexibility index (Phi) is 4.25. The van der Waals surface area contributed by atoms with Crippen LogP contribution in [0, 0.1) is 17.6 Å². The number of likely N-dealkylation sites (tertiary alicyclic amines) is 1. The van der Waals surface area contributed by atoms with Crippen LogP contribution >= 0.6 is 0 Å². The van der Waals surface area contributed by atoms with Crippen molar-refractivity contribution in [3.05, 3.63) is 35.4 Å². The van der Waals surface area contributed by atoms with Crippen molar-refractivity contribution in [2.75, 3.05) is 0 Å². The number of carboxylic acids is 1. The van der Waals surface area contributed by atoms with Gasteiger partial charge in [-0.2, -0.15) is 0 Å². The van der Waals surface area contributed by atoms with E-state index in [0.717, 1.165) is 12.1 Å². The molecule has 1 heterocycles. The first-order valence-corrected chi connectivity index (χ1v) is 6.82. The van der Waals surface area contributed by atoms with Crippen LogP contribution in [0.3, 0.4) is 0 Å². The number of aliphatic carboxylic acids is 1. The van der Waals surface area contributed by atoms with Crippen molar-refractivity contribution in [1.82, 2.24) is 4.90 Å². The number of piperidine rings is 1. The van der Waals surface area contributed by atoms with Gasteiger partial charge < -0.3 is 10.0 Å². The van der Waals surface area contributed by atoms with Crippen molar-refractivity contribution < 1.29 is 23.5 Å². The highest BCUT2D eigenvalue weighted by atomic mass is 19.1. The van der Waals surface area contributed by atoms with E-state index in [1.807, 2.05) is 0 Å². The van der Waals surface area contributed by atoms with Crippen molar-refractivity contribution in [2.24, 2.45) is 5.92 Å². The number of carboxylic acid groups (broad SMARTS) is 1. The zero-order chi connectivity index (χ0) is 15.7. The van der Waals surface area contributed by atoms with Gasteiger partial charge >= 0.3 is 5.97 Å². The molecule has 1 N–H and O–H groups in total. The van der Waals surface area contributed by atoms with Crippen LogP contribution in [0.15, 0.2) is 18.2 Å². The second-order valence-electron chi connectivity index (χ2n) is 5.46. The molecule has 0 aliphatic carbocycles. The average molecular weight is 297 g/mol.